The van der Waals surface area contributed by atoms with E-state index in [-0.39, 0.29) is 6.42 Å². The summed E-state index contributed by atoms with van der Waals surface area (Å²) in [7, 11) is 3.29. The molecular weight excluding hydrogens is 198 g/mol. The number of hydrogen-bond acceptors (Lipinski definition) is 4. The Morgan fingerprint density at radius 3 is 2.40 bits per heavy atom. The van der Waals surface area contributed by atoms with Gasteiger partial charge in [-0.3, -0.25) is 9.69 Å². The van der Waals surface area contributed by atoms with Gasteiger partial charge in [0, 0.05) is 20.6 Å². The highest BCUT2D eigenvalue weighted by atomic mass is 16.7. The first-order valence-corrected chi connectivity index (χ1v) is 5.16. The maximum absolute atomic E-state index is 10.3. The summed E-state index contributed by atoms with van der Waals surface area (Å²) in [5.41, 5.74) is 0. The van der Waals surface area contributed by atoms with Crippen molar-refractivity contribution in [2.24, 2.45) is 0 Å². The quantitative estimate of drug-likeness (QED) is 0.498. The van der Waals surface area contributed by atoms with Crippen LogP contribution in [0.3, 0.4) is 0 Å². The average Bonchev–Trinajstić information content (AvgIpc) is 2.15. The van der Waals surface area contributed by atoms with Crippen LogP contribution in [0.1, 0.15) is 19.3 Å². The van der Waals surface area contributed by atoms with Gasteiger partial charge in [0.05, 0.1) is 13.1 Å². The van der Waals surface area contributed by atoms with E-state index in [0.717, 1.165) is 32.5 Å². The number of likely N-dealkylation sites (tertiary alicyclic amines) is 1. The van der Waals surface area contributed by atoms with Gasteiger partial charge in [-0.15, -0.1) is 0 Å². The lowest BCUT2D eigenvalue weighted by atomic mass is 10.1. The fraction of sp³-hybridized carbons (Fsp3) is 0.900. The summed E-state index contributed by atoms with van der Waals surface area (Å²) in [6, 6.07) is 0. The Bertz CT molecular complexity index is 207. The summed E-state index contributed by atoms with van der Waals surface area (Å²) >= 11 is 0. The van der Waals surface area contributed by atoms with Crippen molar-refractivity contribution in [2.75, 3.05) is 33.9 Å². The smallest absolute Gasteiger partial charge is 0.303 e. The van der Waals surface area contributed by atoms with Crippen LogP contribution in [-0.2, 0) is 14.3 Å². The maximum atomic E-state index is 10.3. The first kappa shape index (κ1) is 12.4. The Balaban J connectivity index is 2.05. The number of carboxylic acids is 1. The topological polar surface area (TPSA) is 59.0 Å². The van der Waals surface area contributed by atoms with Crippen LogP contribution >= 0.6 is 0 Å². The molecule has 0 aromatic rings. The molecular formula is C10H19NO4. The van der Waals surface area contributed by atoms with Crippen LogP contribution in [0.5, 0.6) is 0 Å². The van der Waals surface area contributed by atoms with Crippen LogP contribution in [0, 0.1) is 0 Å². The van der Waals surface area contributed by atoms with Gasteiger partial charge in [-0.2, -0.15) is 0 Å². The Morgan fingerprint density at radius 1 is 1.33 bits per heavy atom. The number of carboxylic acid groups (broad SMARTS) is 1. The van der Waals surface area contributed by atoms with Crippen molar-refractivity contribution in [2.45, 2.75) is 25.0 Å². The number of aliphatic carboxylic acids is 1. The Hall–Kier alpha value is -0.650. The first-order chi connectivity index (χ1) is 7.12. The molecule has 15 heavy (non-hydrogen) atoms. The van der Waals surface area contributed by atoms with Gasteiger partial charge >= 0.3 is 5.97 Å². The average molecular weight is 217 g/mol. The van der Waals surface area contributed by atoms with E-state index in [1.54, 1.807) is 14.2 Å². The largest absolute Gasteiger partial charge is 0.481 e. The number of nitrogens with zero attached hydrogens (tertiary/aromatic N) is 1. The zero-order valence-corrected chi connectivity index (χ0v) is 9.36. The molecule has 0 amide bonds. The van der Waals surface area contributed by atoms with Crippen LogP contribution in [0.2, 0.25) is 0 Å². The Labute approximate surface area is 90.0 Å². The molecule has 0 bridgehead atoms. The summed E-state index contributed by atoms with van der Waals surface area (Å²) < 4.78 is 10.5. The molecule has 1 aliphatic heterocycles. The van der Waals surface area contributed by atoms with Crippen molar-refractivity contribution in [1.29, 1.82) is 0 Å². The molecule has 0 aliphatic carbocycles. The first-order valence-electron chi connectivity index (χ1n) is 5.16. The third-order valence-corrected chi connectivity index (χ3v) is 2.79. The third-order valence-electron chi connectivity index (χ3n) is 2.79. The van der Waals surface area contributed by atoms with E-state index in [2.05, 4.69) is 4.90 Å². The van der Waals surface area contributed by atoms with E-state index in [0.29, 0.717) is 0 Å². The van der Waals surface area contributed by atoms with Crippen molar-refractivity contribution >= 4 is 5.97 Å². The fourth-order valence-electron chi connectivity index (χ4n) is 1.75. The molecule has 1 rings (SSSR count). The number of unbranched alkanes of at least 4 members (excludes halogenated alkanes) is 1. The maximum Gasteiger partial charge on any atom is 0.303 e. The van der Waals surface area contributed by atoms with Crippen molar-refractivity contribution in [3.63, 3.8) is 0 Å². The molecule has 88 valence electrons. The predicted octanol–water partition coefficient (Wildman–Crippen LogP) is 0.546. The minimum Gasteiger partial charge on any atom is -0.481 e. The van der Waals surface area contributed by atoms with Gasteiger partial charge in [-0.1, -0.05) is 0 Å². The third kappa shape index (κ3) is 3.44. The van der Waals surface area contributed by atoms with Crippen LogP contribution in [0.15, 0.2) is 0 Å². The predicted molar refractivity (Wildman–Crippen MR) is 54.7 cm³/mol. The van der Waals surface area contributed by atoms with Gasteiger partial charge in [-0.05, 0) is 19.4 Å². The standard InChI is InChI=1S/C10H19NO4/c1-14-10(15-2)7-11(8-10)6-4-3-5-9(12)13/h3-8H2,1-2H3,(H,12,13). The van der Waals surface area contributed by atoms with Crippen molar-refractivity contribution in [1.82, 2.24) is 4.90 Å². The van der Waals surface area contributed by atoms with Gasteiger partial charge in [0.2, 0.25) is 0 Å². The summed E-state index contributed by atoms with van der Waals surface area (Å²) in [6.07, 6.45) is 1.90. The monoisotopic (exact) mass is 217 g/mol. The zero-order chi connectivity index (χ0) is 11.3. The summed E-state index contributed by atoms with van der Waals surface area (Å²) in [5, 5.41) is 8.46. The number of carbonyl (C=O) groups is 1. The molecule has 0 saturated carbocycles. The second-order valence-corrected chi connectivity index (χ2v) is 3.88. The molecule has 0 unspecified atom stereocenters. The molecule has 5 nitrogen and oxygen atoms in total. The highest BCUT2D eigenvalue weighted by Crippen LogP contribution is 2.25. The number of methoxy groups -OCH3 is 2. The lowest BCUT2D eigenvalue weighted by Crippen LogP contribution is -2.63. The van der Waals surface area contributed by atoms with Gasteiger partial charge in [0.15, 0.2) is 5.79 Å². The SMILES string of the molecule is COC1(OC)CN(CCCCC(=O)O)C1. The number of ether oxygens (including phenoxy) is 2. The lowest BCUT2D eigenvalue weighted by molar-refractivity contribution is -0.275. The van der Waals surface area contributed by atoms with Crippen molar-refractivity contribution < 1.29 is 19.4 Å². The van der Waals surface area contributed by atoms with E-state index in [9.17, 15) is 4.79 Å². The zero-order valence-electron chi connectivity index (χ0n) is 9.36. The summed E-state index contributed by atoms with van der Waals surface area (Å²) in [6.45, 7) is 2.46. The van der Waals surface area contributed by atoms with Crippen molar-refractivity contribution in [3.8, 4) is 0 Å². The number of hydrogen-bond donors (Lipinski definition) is 1. The second-order valence-electron chi connectivity index (χ2n) is 3.88. The van der Waals surface area contributed by atoms with Crippen LogP contribution < -0.4 is 0 Å². The highest BCUT2D eigenvalue weighted by Gasteiger charge is 2.43. The van der Waals surface area contributed by atoms with Crippen LogP contribution in [0.4, 0.5) is 0 Å². The minimum absolute atomic E-state index is 0.257. The van der Waals surface area contributed by atoms with E-state index in [4.69, 9.17) is 14.6 Å². The highest BCUT2D eigenvalue weighted by molar-refractivity contribution is 5.66. The van der Waals surface area contributed by atoms with E-state index >= 15 is 0 Å². The molecule has 1 saturated heterocycles. The summed E-state index contributed by atoms with van der Waals surface area (Å²) in [5.74, 6) is -1.14. The lowest BCUT2D eigenvalue weighted by Gasteiger charge is -2.47. The summed E-state index contributed by atoms with van der Waals surface area (Å²) in [4.78, 5) is 12.5. The Morgan fingerprint density at radius 2 is 1.93 bits per heavy atom. The van der Waals surface area contributed by atoms with Gasteiger partial charge in [0.1, 0.15) is 0 Å². The van der Waals surface area contributed by atoms with E-state index in [1.807, 2.05) is 0 Å². The molecule has 1 heterocycles. The molecule has 1 N–H and O–H groups in total. The van der Waals surface area contributed by atoms with E-state index < -0.39 is 11.8 Å². The molecule has 0 radical (unpaired) electrons. The second kappa shape index (κ2) is 5.44. The van der Waals surface area contributed by atoms with Crippen LogP contribution in [0.25, 0.3) is 0 Å². The fourth-order valence-corrected chi connectivity index (χ4v) is 1.75. The van der Waals surface area contributed by atoms with Gasteiger partial charge in [0.25, 0.3) is 0 Å². The molecule has 0 aromatic carbocycles. The van der Waals surface area contributed by atoms with Gasteiger partial charge in [-0.25, -0.2) is 0 Å². The molecule has 0 atom stereocenters. The Kier molecular flexibility index (Phi) is 4.50. The van der Waals surface area contributed by atoms with E-state index in [1.165, 1.54) is 0 Å². The minimum atomic E-state index is -0.721. The molecule has 1 fully saturated rings. The van der Waals surface area contributed by atoms with Crippen LogP contribution in [-0.4, -0.2) is 55.6 Å². The molecule has 5 heteroatoms. The molecule has 0 aromatic heterocycles. The molecule has 0 spiro atoms. The van der Waals surface area contributed by atoms with Crippen molar-refractivity contribution in [3.05, 3.63) is 0 Å². The molecule has 1 aliphatic rings. The normalized spacial score (nSPS) is 19.9. The van der Waals surface area contributed by atoms with Gasteiger partial charge < -0.3 is 14.6 Å². The number of rotatable bonds is 7.